The van der Waals surface area contributed by atoms with E-state index in [1.165, 1.54) is 0 Å². The number of hydrogen-bond acceptors (Lipinski definition) is 4. The Morgan fingerprint density at radius 2 is 1.80 bits per heavy atom. The number of aryl methyl sites for hydroxylation is 1. The lowest BCUT2D eigenvalue weighted by Gasteiger charge is -2.23. The number of rotatable bonds is 5. The Morgan fingerprint density at radius 3 is 2.30 bits per heavy atom. The van der Waals surface area contributed by atoms with E-state index in [0.717, 1.165) is 5.56 Å². The third-order valence-corrected chi connectivity index (χ3v) is 5.19. The van der Waals surface area contributed by atoms with Crippen LogP contribution in [-0.2, 0) is 10.0 Å². The first-order valence-electron chi connectivity index (χ1n) is 6.48. The molecule has 0 aliphatic carbocycles. The fourth-order valence-corrected chi connectivity index (χ4v) is 3.67. The van der Waals surface area contributed by atoms with E-state index >= 15 is 0 Å². The molecule has 5 nitrogen and oxygen atoms in total. The minimum absolute atomic E-state index is 0.0938. The van der Waals surface area contributed by atoms with Gasteiger partial charge in [0.15, 0.2) is 0 Å². The normalized spacial score (nSPS) is 12.7. The number of aliphatic hydroxyl groups is 1. The van der Waals surface area contributed by atoms with Crippen molar-refractivity contribution in [3.63, 3.8) is 0 Å². The van der Waals surface area contributed by atoms with E-state index in [-0.39, 0.29) is 18.0 Å². The molecule has 0 heterocycles. The molecule has 6 heteroatoms. The number of nitrogen functional groups attached to an aromatic ring is 1. The Bertz CT molecular complexity index is 581. The van der Waals surface area contributed by atoms with Crippen LogP contribution < -0.4 is 10.5 Å². The minimum Gasteiger partial charge on any atom is -0.398 e. The lowest BCUT2D eigenvalue weighted by Crippen LogP contribution is -2.36. The van der Waals surface area contributed by atoms with E-state index in [1.807, 2.05) is 6.92 Å². The molecule has 0 aliphatic rings. The molecule has 1 rings (SSSR count). The number of anilines is 1. The average Bonchev–Trinajstić information content (AvgIpc) is 2.34. The molecule has 0 radical (unpaired) electrons. The van der Waals surface area contributed by atoms with Crippen LogP contribution in [0.1, 0.15) is 30.5 Å². The summed E-state index contributed by atoms with van der Waals surface area (Å²) in [4.78, 5) is 0.240. The molecule has 0 unspecified atom stereocenters. The van der Waals surface area contributed by atoms with E-state index < -0.39 is 15.4 Å². The van der Waals surface area contributed by atoms with Gasteiger partial charge in [0, 0.05) is 24.3 Å². The van der Waals surface area contributed by atoms with Crippen LogP contribution >= 0.6 is 0 Å². The molecule has 0 fully saturated rings. The van der Waals surface area contributed by atoms with E-state index in [2.05, 4.69) is 4.72 Å². The van der Waals surface area contributed by atoms with E-state index in [1.54, 1.807) is 33.8 Å². The average molecular weight is 300 g/mol. The van der Waals surface area contributed by atoms with Gasteiger partial charge in [-0.1, -0.05) is 13.8 Å². The summed E-state index contributed by atoms with van der Waals surface area (Å²) in [6.45, 7) is 8.96. The third kappa shape index (κ3) is 3.50. The first-order chi connectivity index (χ1) is 9.02. The Kier molecular flexibility index (Phi) is 4.84. The fourth-order valence-electron chi connectivity index (χ4n) is 1.86. The molecule has 0 amide bonds. The van der Waals surface area contributed by atoms with Gasteiger partial charge in [-0.15, -0.1) is 0 Å². The van der Waals surface area contributed by atoms with Gasteiger partial charge in [0.25, 0.3) is 0 Å². The number of benzene rings is 1. The van der Waals surface area contributed by atoms with Crippen LogP contribution in [0.15, 0.2) is 11.0 Å². The Balaban J connectivity index is 3.24. The molecule has 0 aliphatic heterocycles. The highest BCUT2D eigenvalue weighted by Gasteiger charge is 2.25. The van der Waals surface area contributed by atoms with Gasteiger partial charge in [0.2, 0.25) is 10.0 Å². The van der Waals surface area contributed by atoms with Crippen molar-refractivity contribution >= 4 is 15.7 Å². The van der Waals surface area contributed by atoms with Crippen LogP contribution in [0.3, 0.4) is 0 Å². The molecule has 0 saturated heterocycles. The van der Waals surface area contributed by atoms with Gasteiger partial charge >= 0.3 is 0 Å². The predicted octanol–water partition coefficient (Wildman–Crippen LogP) is 1.49. The van der Waals surface area contributed by atoms with E-state index in [4.69, 9.17) is 5.73 Å². The number of sulfonamides is 1. The summed E-state index contributed by atoms with van der Waals surface area (Å²) in [6.07, 6.45) is 0. The molecular weight excluding hydrogens is 276 g/mol. The van der Waals surface area contributed by atoms with Crippen LogP contribution in [-0.4, -0.2) is 26.7 Å². The molecule has 20 heavy (non-hydrogen) atoms. The van der Waals surface area contributed by atoms with Crippen LogP contribution in [0.25, 0.3) is 0 Å². The molecule has 0 saturated carbocycles. The molecule has 1 aromatic carbocycles. The van der Waals surface area contributed by atoms with Crippen molar-refractivity contribution in [3.05, 3.63) is 22.8 Å². The lowest BCUT2D eigenvalue weighted by molar-refractivity contribution is 0.163. The molecular formula is C14H24N2O3S. The second-order valence-electron chi connectivity index (χ2n) is 6.01. The largest absolute Gasteiger partial charge is 0.398 e. The summed E-state index contributed by atoms with van der Waals surface area (Å²) in [5.41, 5.74) is 7.92. The molecule has 4 N–H and O–H groups in total. The van der Waals surface area contributed by atoms with Gasteiger partial charge < -0.3 is 10.8 Å². The third-order valence-electron chi connectivity index (χ3n) is 3.52. The monoisotopic (exact) mass is 300 g/mol. The molecule has 0 aromatic heterocycles. The highest BCUT2D eigenvalue weighted by Crippen LogP contribution is 2.28. The maximum Gasteiger partial charge on any atom is 0.241 e. The van der Waals surface area contributed by atoms with Gasteiger partial charge in [-0.2, -0.15) is 0 Å². The van der Waals surface area contributed by atoms with Crippen LogP contribution in [0.5, 0.6) is 0 Å². The standard InChI is InChI=1S/C14H24N2O3S/c1-9-6-12(15)11(3)13(10(9)2)20(18,19)16-7-14(4,5)8-17/h6,16-17H,7-8,15H2,1-5H3. The summed E-state index contributed by atoms with van der Waals surface area (Å²) < 4.78 is 27.5. The van der Waals surface area contributed by atoms with Crippen LogP contribution in [0.2, 0.25) is 0 Å². The number of hydrogen-bond donors (Lipinski definition) is 3. The van der Waals surface area contributed by atoms with Gasteiger partial charge in [0.05, 0.1) is 4.90 Å². The quantitative estimate of drug-likeness (QED) is 0.718. The Labute approximate surface area is 121 Å². The molecule has 1 aromatic rings. The highest BCUT2D eigenvalue weighted by molar-refractivity contribution is 7.89. The van der Waals surface area contributed by atoms with Crippen molar-refractivity contribution in [2.75, 3.05) is 18.9 Å². The molecule has 0 spiro atoms. The first kappa shape index (κ1) is 16.9. The summed E-state index contributed by atoms with van der Waals surface area (Å²) in [5.74, 6) is 0. The fraction of sp³-hybridized carbons (Fsp3) is 0.571. The molecule has 0 atom stereocenters. The zero-order valence-corrected chi connectivity index (χ0v) is 13.6. The number of nitrogens with one attached hydrogen (secondary N) is 1. The molecule has 114 valence electrons. The topological polar surface area (TPSA) is 92.4 Å². The SMILES string of the molecule is Cc1cc(N)c(C)c(S(=O)(=O)NCC(C)(C)CO)c1C. The zero-order valence-electron chi connectivity index (χ0n) is 12.7. The Morgan fingerprint density at radius 1 is 1.25 bits per heavy atom. The number of aliphatic hydroxyl groups excluding tert-OH is 1. The number of nitrogens with two attached hydrogens (primary N) is 1. The summed E-state index contributed by atoms with van der Waals surface area (Å²) in [6, 6.07) is 1.78. The van der Waals surface area contributed by atoms with Crippen molar-refractivity contribution in [1.82, 2.24) is 4.72 Å². The van der Waals surface area contributed by atoms with Crippen LogP contribution in [0.4, 0.5) is 5.69 Å². The second kappa shape index (κ2) is 5.71. The first-order valence-corrected chi connectivity index (χ1v) is 7.97. The maximum absolute atomic E-state index is 12.5. The second-order valence-corrected chi connectivity index (χ2v) is 7.71. The van der Waals surface area contributed by atoms with Gasteiger partial charge in [-0.3, -0.25) is 0 Å². The van der Waals surface area contributed by atoms with E-state index in [9.17, 15) is 13.5 Å². The summed E-state index contributed by atoms with van der Waals surface area (Å²) >= 11 is 0. The summed E-state index contributed by atoms with van der Waals surface area (Å²) in [7, 11) is -3.65. The molecule has 0 bridgehead atoms. The van der Waals surface area contributed by atoms with Crippen molar-refractivity contribution in [2.24, 2.45) is 5.41 Å². The van der Waals surface area contributed by atoms with Gasteiger partial charge in [-0.05, 0) is 43.5 Å². The van der Waals surface area contributed by atoms with E-state index in [0.29, 0.717) is 16.8 Å². The zero-order chi connectivity index (χ0) is 15.7. The minimum atomic E-state index is -3.65. The van der Waals surface area contributed by atoms with Crippen molar-refractivity contribution < 1.29 is 13.5 Å². The predicted molar refractivity (Wildman–Crippen MR) is 81.1 cm³/mol. The summed E-state index contributed by atoms with van der Waals surface area (Å²) in [5, 5.41) is 9.20. The highest BCUT2D eigenvalue weighted by atomic mass is 32.2. The Hall–Kier alpha value is -1.11. The van der Waals surface area contributed by atoms with Crippen LogP contribution in [0, 0.1) is 26.2 Å². The maximum atomic E-state index is 12.5. The van der Waals surface area contributed by atoms with Crippen molar-refractivity contribution in [3.8, 4) is 0 Å². The van der Waals surface area contributed by atoms with Gasteiger partial charge in [-0.25, -0.2) is 13.1 Å². The van der Waals surface area contributed by atoms with Gasteiger partial charge in [0.1, 0.15) is 0 Å². The van der Waals surface area contributed by atoms with Crippen molar-refractivity contribution in [1.29, 1.82) is 0 Å². The smallest absolute Gasteiger partial charge is 0.241 e. The van der Waals surface area contributed by atoms with Crippen molar-refractivity contribution in [2.45, 2.75) is 39.5 Å². The lowest BCUT2D eigenvalue weighted by atomic mass is 9.96.